The van der Waals surface area contributed by atoms with Gasteiger partial charge in [-0.3, -0.25) is 14.5 Å². The molecule has 3 rings (SSSR count). The van der Waals surface area contributed by atoms with E-state index in [9.17, 15) is 18.4 Å². The molecule has 1 aromatic carbocycles. The SMILES string of the molecule is Cc1c(-c2ccc(F)c(F)c2)csc1/C=C1\SC(=S)N(CCCCCC(=O)O)C1=O. The first-order valence-corrected chi connectivity index (χ1v) is 11.4. The first kappa shape index (κ1) is 22.6. The van der Waals surface area contributed by atoms with Gasteiger partial charge in [0.2, 0.25) is 0 Å². The summed E-state index contributed by atoms with van der Waals surface area (Å²) in [5, 5.41) is 10.5. The minimum atomic E-state index is -0.899. The van der Waals surface area contributed by atoms with Crippen molar-refractivity contribution in [3.8, 4) is 11.1 Å². The molecule has 0 spiro atoms. The highest BCUT2D eigenvalue weighted by molar-refractivity contribution is 8.26. The number of hydrogen-bond acceptors (Lipinski definition) is 5. The van der Waals surface area contributed by atoms with Crippen molar-refractivity contribution in [2.24, 2.45) is 0 Å². The van der Waals surface area contributed by atoms with Crippen molar-refractivity contribution in [3.63, 3.8) is 0 Å². The van der Waals surface area contributed by atoms with Crippen LogP contribution in [0.15, 0.2) is 28.5 Å². The smallest absolute Gasteiger partial charge is 0.303 e. The molecular weight excluding hydrogens is 448 g/mol. The van der Waals surface area contributed by atoms with Gasteiger partial charge in [-0.25, -0.2) is 8.78 Å². The molecule has 2 heterocycles. The van der Waals surface area contributed by atoms with Crippen molar-refractivity contribution in [1.29, 1.82) is 0 Å². The number of thiocarbonyl (C=S) groups is 1. The molecule has 1 aliphatic rings. The van der Waals surface area contributed by atoms with E-state index in [1.165, 1.54) is 29.2 Å². The van der Waals surface area contributed by atoms with Gasteiger partial charge in [0.25, 0.3) is 5.91 Å². The molecule has 1 aromatic heterocycles. The van der Waals surface area contributed by atoms with Crippen LogP contribution in [0.3, 0.4) is 0 Å². The first-order valence-electron chi connectivity index (χ1n) is 9.28. The number of aliphatic carboxylic acids is 1. The Labute approximate surface area is 186 Å². The summed E-state index contributed by atoms with van der Waals surface area (Å²) < 4.78 is 27.3. The molecule has 0 bridgehead atoms. The summed E-state index contributed by atoms with van der Waals surface area (Å²) in [7, 11) is 0. The van der Waals surface area contributed by atoms with Gasteiger partial charge < -0.3 is 5.11 Å². The number of carbonyl (C=O) groups is 2. The number of thiophene rings is 1. The molecule has 0 atom stereocenters. The second-order valence-electron chi connectivity index (χ2n) is 6.81. The highest BCUT2D eigenvalue weighted by Gasteiger charge is 2.31. The molecule has 1 aliphatic heterocycles. The number of nitrogens with zero attached hydrogens (tertiary/aromatic N) is 1. The summed E-state index contributed by atoms with van der Waals surface area (Å²) in [4.78, 5) is 26.2. The van der Waals surface area contributed by atoms with Crippen LogP contribution in [0.5, 0.6) is 0 Å². The van der Waals surface area contributed by atoms with Crippen molar-refractivity contribution in [2.75, 3.05) is 6.54 Å². The summed E-state index contributed by atoms with van der Waals surface area (Å²) in [5.74, 6) is -2.77. The Hall–Kier alpha value is -2.10. The van der Waals surface area contributed by atoms with Crippen molar-refractivity contribution < 1.29 is 23.5 Å². The predicted molar refractivity (Wildman–Crippen MR) is 120 cm³/mol. The van der Waals surface area contributed by atoms with E-state index in [1.807, 2.05) is 12.3 Å². The lowest BCUT2D eigenvalue weighted by molar-refractivity contribution is -0.137. The molecule has 158 valence electrons. The van der Waals surface area contributed by atoms with E-state index in [1.54, 1.807) is 11.0 Å². The summed E-state index contributed by atoms with van der Waals surface area (Å²) in [5.41, 5.74) is 2.25. The van der Waals surface area contributed by atoms with Gasteiger partial charge >= 0.3 is 5.97 Å². The zero-order valence-corrected chi connectivity index (χ0v) is 18.6. The number of halogens is 2. The third-order valence-electron chi connectivity index (χ3n) is 4.72. The van der Waals surface area contributed by atoms with Crippen molar-refractivity contribution >= 4 is 57.6 Å². The lowest BCUT2D eigenvalue weighted by Crippen LogP contribution is -2.29. The van der Waals surface area contributed by atoms with Crippen molar-refractivity contribution in [2.45, 2.75) is 32.6 Å². The molecule has 0 radical (unpaired) electrons. The molecule has 0 aliphatic carbocycles. The van der Waals surface area contributed by atoms with Gasteiger partial charge in [0, 0.05) is 17.8 Å². The number of benzene rings is 1. The average molecular weight is 468 g/mol. The van der Waals surface area contributed by atoms with E-state index >= 15 is 0 Å². The Morgan fingerprint density at radius 2 is 2.00 bits per heavy atom. The van der Waals surface area contributed by atoms with Gasteiger partial charge in [0.1, 0.15) is 4.32 Å². The van der Waals surface area contributed by atoms with Crippen LogP contribution in [0.2, 0.25) is 0 Å². The molecule has 30 heavy (non-hydrogen) atoms. The topological polar surface area (TPSA) is 57.6 Å². The van der Waals surface area contributed by atoms with Gasteiger partial charge in [0.15, 0.2) is 11.6 Å². The van der Waals surface area contributed by atoms with E-state index in [0.717, 1.165) is 28.1 Å². The van der Waals surface area contributed by atoms with Crippen LogP contribution in [0.1, 0.15) is 36.1 Å². The normalized spacial score (nSPS) is 15.4. The van der Waals surface area contributed by atoms with Gasteiger partial charge in [-0.05, 0) is 60.0 Å². The summed E-state index contributed by atoms with van der Waals surface area (Å²) in [6.07, 6.45) is 3.87. The second-order valence-corrected chi connectivity index (χ2v) is 9.39. The predicted octanol–water partition coefficient (Wildman–Crippen LogP) is 5.85. The lowest BCUT2D eigenvalue weighted by Gasteiger charge is -2.13. The van der Waals surface area contributed by atoms with Crippen LogP contribution in [-0.2, 0) is 9.59 Å². The maximum Gasteiger partial charge on any atom is 0.303 e. The van der Waals surface area contributed by atoms with Gasteiger partial charge in [0.05, 0.1) is 4.91 Å². The van der Waals surface area contributed by atoms with Gasteiger partial charge in [-0.1, -0.05) is 36.5 Å². The van der Waals surface area contributed by atoms with E-state index in [-0.39, 0.29) is 12.3 Å². The minimum absolute atomic E-state index is 0.121. The molecule has 4 nitrogen and oxygen atoms in total. The maximum absolute atomic E-state index is 13.6. The number of carboxylic acids is 1. The molecule has 2 aromatic rings. The van der Waals surface area contributed by atoms with E-state index in [4.69, 9.17) is 17.3 Å². The Morgan fingerprint density at radius 1 is 1.23 bits per heavy atom. The third-order valence-corrected chi connectivity index (χ3v) is 7.13. The van der Waals surface area contributed by atoms with Crippen LogP contribution in [-0.4, -0.2) is 32.7 Å². The molecule has 9 heteroatoms. The van der Waals surface area contributed by atoms with Crippen molar-refractivity contribution in [1.82, 2.24) is 4.90 Å². The Kier molecular flexibility index (Phi) is 7.38. The first-order chi connectivity index (χ1) is 14.3. The monoisotopic (exact) mass is 467 g/mol. The number of unbranched alkanes of at least 4 members (excludes halogenated alkanes) is 2. The highest BCUT2D eigenvalue weighted by atomic mass is 32.2. The molecule has 0 saturated carbocycles. The lowest BCUT2D eigenvalue weighted by atomic mass is 10.0. The second kappa shape index (κ2) is 9.80. The van der Waals surface area contributed by atoms with Crippen LogP contribution in [0.25, 0.3) is 17.2 Å². The van der Waals surface area contributed by atoms with E-state index in [0.29, 0.717) is 40.6 Å². The molecule has 1 N–H and O–H groups in total. The zero-order valence-electron chi connectivity index (χ0n) is 16.1. The van der Waals surface area contributed by atoms with Gasteiger partial charge in [-0.15, -0.1) is 11.3 Å². The fourth-order valence-electron chi connectivity index (χ4n) is 3.06. The molecule has 1 fully saturated rings. The molecule has 1 amide bonds. The zero-order chi connectivity index (χ0) is 21.8. The van der Waals surface area contributed by atoms with Crippen molar-refractivity contribution in [3.05, 3.63) is 50.6 Å². The van der Waals surface area contributed by atoms with Gasteiger partial charge in [-0.2, -0.15) is 0 Å². The third kappa shape index (κ3) is 5.14. The quantitative estimate of drug-likeness (QED) is 0.300. The molecular formula is C21H19F2NO3S3. The van der Waals surface area contributed by atoms with Crippen LogP contribution >= 0.6 is 35.3 Å². The number of amides is 1. The summed E-state index contributed by atoms with van der Waals surface area (Å²) in [6, 6.07) is 3.79. The van der Waals surface area contributed by atoms with E-state index in [2.05, 4.69) is 0 Å². The Morgan fingerprint density at radius 3 is 2.70 bits per heavy atom. The number of thioether (sulfide) groups is 1. The number of carboxylic acid groups (broad SMARTS) is 1. The standard InChI is InChI=1S/C21H19F2NO3S3/c1-12-14(13-6-7-15(22)16(23)9-13)11-29-17(12)10-18-20(27)24(21(28)30-18)8-4-2-3-5-19(25)26/h6-7,9-11H,2-5,8H2,1H3,(H,25,26)/b18-10-. The minimum Gasteiger partial charge on any atom is -0.481 e. The number of hydrogen-bond donors (Lipinski definition) is 1. The Balaban J connectivity index is 1.70. The fraction of sp³-hybridized carbons (Fsp3) is 0.286. The van der Waals surface area contributed by atoms with Crippen LogP contribution in [0.4, 0.5) is 8.78 Å². The Bertz CT molecular complexity index is 1030. The maximum atomic E-state index is 13.6. The summed E-state index contributed by atoms with van der Waals surface area (Å²) >= 11 is 7.99. The molecule has 0 unspecified atom stereocenters. The highest BCUT2D eigenvalue weighted by Crippen LogP contribution is 2.37. The van der Waals surface area contributed by atoms with Crippen LogP contribution < -0.4 is 0 Å². The van der Waals surface area contributed by atoms with Crippen LogP contribution in [0, 0.1) is 18.6 Å². The van der Waals surface area contributed by atoms with E-state index < -0.39 is 17.6 Å². The summed E-state index contributed by atoms with van der Waals surface area (Å²) in [6.45, 7) is 2.34. The molecule has 1 saturated heterocycles. The number of carbonyl (C=O) groups excluding carboxylic acids is 1. The average Bonchev–Trinajstić information content (AvgIpc) is 3.18. The fourth-order valence-corrected chi connectivity index (χ4v) is 5.45. The number of rotatable bonds is 8. The largest absolute Gasteiger partial charge is 0.481 e.